The van der Waals surface area contributed by atoms with Crippen LogP contribution in [0.4, 0.5) is 0 Å². The fourth-order valence-corrected chi connectivity index (χ4v) is 11.7. The first-order valence-corrected chi connectivity index (χ1v) is 19.9. The van der Waals surface area contributed by atoms with Crippen molar-refractivity contribution in [2.45, 2.75) is 124 Å². The minimum Gasteiger partial charge on any atom is -0.726 e. The summed E-state index contributed by atoms with van der Waals surface area (Å²) >= 11 is 0. The van der Waals surface area contributed by atoms with Crippen molar-refractivity contribution in [2.75, 3.05) is 0 Å². The van der Waals surface area contributed by atoms with Crippen LogP contribution in [0.15, 0.2) is 0 Å². The number of hydrogen-bond acceptors (Lipinski definition) is 13. The summed E-state index contributed by atoms with van der Waals surface area (Å²) in [5, 5.41) is 11.6. The molecule has 1 unspecified atom stereocenters. The van der Waals surface area contributed by atoms with E-state index >= 15 is 0 Å². The average molecular weight is 771 g/mol. The molecule has 48 heavy (non-hydrogen) atoms. The number of rotatable bonds is 10. The molecule has 4 rings (SSSR count). The van der Waals surface area contributed by atoms with E-state index in [4.69, 9.17) is 8.37 Å². The smallest absolute Gasteiger partial charge is 0.726 e. The van der Waals surface area contributed by atoms with Gasteiger partial charge >= 0.3 is 88.7 Å². The van der Waals surface area contributed by atoms with Crippen molar-refractivity contribution in [3.63, 3.8) is 0 Å². The second-order valence-electron chi connectivity index (χ2n) is 16.0. The third-order valence-corrected chi connectivity index (χ3v) is 14.1. The molecule has 0 aliphatic heterocycles. The number of aliphatic hydroxyl groups excluding tert-OH is 1. The zero-order chi connectivity index (χ0) is 34.1. The minimum absolute atomic E-state index is 0. The van der Waals surface area contributed by atoms with E-state index in [-0.39, 0.29) is 136 Å². The number of fused-ring (bicyclic) bond motifs is 5. The van der Waals surface area contributed by atoms with Gasteiger partial charge in [-0.25, -0.2) is 25.3 Å². The molecule has 0 aromatic heterocycles. The standard InChI is InChI=1S/C29H52O13S3.3Na/c1-16(8-9-17(2)27(3,4)5)20-13-22(30)26-18-12-23(40-43(31,32)33)21-14-24(41-44(34,35)36)25(42-45(37,38)39)15-29(21,7)19(18)10-11-28(20,26)6;;;/h16-26,30H,8-15H2,1-7H3,(H,31,32,33)(H,34,35,36)(H,37,38,39);;;/q;3*+1/p-3/t16-,17?,18-,19+,20-,21-,22+,23+,24+,25+,26-,28-,29-;;;/m1.../s1. The SMILES string of the molecule is CC(CC[C@@H](C)[C@H]1C[C@H](O)[C@H]2[C@@H]3C[C@H](OS(=O)(=O)[O-])[C@H]4C[C@H](OS(=O)(=O)[O-])[C@@H](OS(=O)(=O)[O-])C[C@]4(C)[C@H]3CC[C@@]21C)C(C)(C)C.[Na+].[Na+].[Na+]. The summed E-state index contributed by atoms with van der Waals surface area (Å²) in [4.78, 5) is 0. The maximum Gasteiger partial charge on any atom is 1.00 e. The second-order valence-corrected chi connectivity index (χ2v) is 19.0. The van der Waals surface area contributed by atoms with Gasteiger partial charge in [-0.1, -0.05) is 54.9 Å². The first-order chi connectivity index (χ1) is 20.3. The monoisotopic (exact) mass is 770 g/mol. The Labute approximate surface area is 354 Å². The molecule has 0 aromatic rings. The molecule has 264 valence electrons. The molecule has 0 amide bonds. The van der Waals surface area contributed by atoms with Gasteiger partial charge < -0.3 is 18.8 Å². The molecule has 0 spiro atoms. The Hall–Kier alpha value is 2.57. The summed E-state index contributed by atoms with van der Waals surface area (Å²) in [6.07, 6.45) is -2.01. The Bertz CT molecular complexity index is 1420. The van der Waals surface area contributed by atoms with Gasteiger partial charge in [-0.2, -0.15) is 0 Å². The van der Waals surface area contributed by atoms with E-state index in [1.807, 2.05) is 0 Å². The molecule has 0 saturated heterocycles. The van der Waals surface area contributed by atoms with Crippen LogP contribution in [0.3, 0.4) is 0 Å². The molecular weight excluding hydrogens is 721 g/mol. The average Bonchev–Trinajstić information content (AvgIpc) is 3.10. The Morgan fingerprint density at radius 3 is 1.75 bits per heavy atom. The molecule has 4 fully saturated rings. The number of hydrogen-bond donors (Lipinski definition) is 1. The topological polar surface area (TPSA) is 220 Å². The molecular formula is C29H49Na3O13S3. The van der Waals surface area contributed by atoms with Gasteiger partial charge in [0.2, 0.25) is 31.2 Å². The van der Waals surface area contributed by atoms with E-state index in [9.17, 15) is 44.0 Å². The third-order valence-electron chi connectivity index (χ3n) is 12.6. The van der Waals surface area contributed by atoms with Gasteiger partial charge in [0, 0.05) is 0 Å². The van der Waals surface area contributed by atoms with Gasteiger partial charge in [-0.15, -0.1) is 0 Å². The summed E-state index contributed by atoms with van der Waals surface area (Å²) in [5.41, 5.74) is -1.16. The van der Waals surface area contributed by atoms with Gasteiger partial charge in [0.15, 0.2) is 0 Å². The molecule has 13 nitrogen and oxygen atoms in total. The first kappa shape index (κ1) is 48.6. The van der Waals surface area contributed by atoms with E-state index in [1.54, 1.807) is 6.92 Å². The van der Waals surface area contributed by atoms with Gasteiger partial charge in [-0.3, -0.25) is 12.5 Å². The summed E-state index contributed by atoms with van der Waals surface area (Å²) in [6, 6.07) is 0. The van der Waals surface area contributed by atoms with E-state index < -0.39 is 73.4 Å². The van der Waals surface area contributed by atoms with Crippen LogP contribution in [0.25, 0.3) is 0 Å². The van der Waals surface area contributed by atoms with E-state index in [1.165, 1.54) is 0 Å². The predicted molar refractivity (Wildman–Crippen MR) is 158 cm³/mol. The van der Waals surface area contributed by atoms with Crippen LogP contribution in [-0.4, -0.2) is 68.4 Å². The third kappa shape index (κ3) is 11.1. The molecule has 0 bridgehead atoms. The Morgan fingerprint density at radius 2 is 1.25 bits per heavy atom. The summed E-state index contributed by atoms with van der Waals surface area (Å²) in [7, 11) is -16.0. The van der Waals surface area contributed by atoms with Crippen LogP contribution >= 0.6 is 0 Å². The maximum atomic E-state index is 11.9. The van der Waals surface area contributed by atoms with Crippen molar-refractivity contribution in [3.05, 3.63) is 0 Å². The molecule has 0 radical (unpaired) electrons. The molecule has 1 N–H and O–H groups in total. The summed E-state index contributed by atoms with van der Waals surface area (Å²) in [5.74, 6) is -0.727. The predicted octanol–water partition coefficient (Wildman–Crippen LogP) is -5.52. The molecule has 4 aliphatic carbocycles. The fourth-order valence-electron chi connectivity index (χ4n) is 10.2. The first-order valence-electron chi connectivity index (χ1n) is 15.9. The zero-order valence-corrected chi connectivity index (χ0v) is 38.5. The molecule has 4 aliphatic rings. The molecule has 19 heteroatoms. The van der Waals surface area contributed by atoms with E-state index in [0.29, 0.717) is 24.7 Å². The van der Waals surface area contributed by atoms with Gasteiger partial charge in [0.05, 0.1) is 12.2 Å². The van der Waals surface area contributed by atoms with Crippen LogP contribution in [0.1, 0.15) is 99.8 Å². The van der Waals surface area contributed by atoms with Crippen molar-refractivity contribution >= 4 is 31.2 Å². The molecule has 13 atom stereocenters. The van der Waals surface area contributed by atoms with Crippen molar-refractivity contribution < 1.29 is 145 Å². The van der Waals surface area contributed by atoms with Gasteiger partial charge in [0.25, 0.3) is 0 Å². The number of aliphatic hydroxyl groups is 1. The zero-order valence-electron chi connectivity index (χ0n) is 30.1. The molecule has 0 aromatic carbocycles. The summed E-state index contributed by atoms with van der Waals surface area (Å²) in [6.45, 7) is 15.1. The fraction of sp³-hybridized carbons (Fsp3) is 1.00. The van der Waals surface area contributed by atoms with Gasteiger partial charge in [-0.05, 0) is 103 Å². The van der Waals surface area contributed by atoms with Crippen LogP contribution in [-0.2, 0) is 43.7 Å². The normalized spacial score (nSPS) is 39.7. The molecule has 4 saturated carbocycles. The van der Waals surface area contributed by atoms with Crippen molar-refractivity contribution in [1.82, 2.24) is 0 Å². The van der Waals surface area contributed by atoms with Crippen LogP contribution < -0.4 is 88.7 Å². The van der Waals surface area contributed by atoms with E-state index in [0.717, 1.165) is 19.3 Å². The van der Waals surface area contributed by atoms with Crippen LogP contribution in [0, 0.1) is 57.7 Å². The van der Waals surface area contributed by atoms with Crippen molar-refractivity contribution in [1.29, 1.82) is 0 Å². The molecule has 0 heterocycles. The van der Waals surface area contributed by atoms with Crippen LogP contribution in [0.5, 0.6) is 0 Å². The Kier molecular flexibility index (Phi) is 17.4. The summed E-state index contributed by atoms with van der Waals surface area (Å²) < 4.78 is 120. The second kappa shape index (κ2) is 17.2. The quantitative estimate of drug-likeness (QED) is 0.125. The van der Waals surface area contributed by atoms with Crippen LogP contribution in [0.2, 0.25) is 0 Å². The maximum absolute atomic E-state index is 11.9. The van der Waals surface area contributed by atoms with Gasteiger partial charge in [0.1, 0.15) is 12.2 Å². The van der Waals surface area contributed by atoms with E-state index in [2.05, 4.69) is 45.7 Å². The Balaban J connectivity index is 0.00000384. The van der Waals surface area contributed by atoms with Crippen molar-refractivity contribution in [3.8, 4) is 0 Å². The Morgan fingerprint density at radius 1 is 0.750 bits per heavy atom. The minimum atomic E-state index is -5.39. The largest absolute Gasteiger partial charge is 1.00 e. The van der Waals surface area contributed by atoms with Crippen molar-refractivity contribution in [2.24, 2.45) is 57.7 Å².